The number of amides is 1. The Hall–Kier alpha value is -1.07. The maximum atomic E-state index is 12.0. The number of carbonyl (C=O) groups is 1. The number of rotatable bonds is 4. The molecule has 1 atom stereocenters. The van der Waals surface area contributed by atoms with Crippen LogP contribution in [0.15, 0.2) is 22.7 Å². The zero-order chi connectivity index (χ0) is 13.1. The summed E-state index contributed by atoms with van der Waals surface area (Å²) in [5, 5.41) is 6.11. The van der Waals surface area contributed by atoms with Crippen LogP contribution < -0.4 is 15.4 Å². The average molecular weight is 313 g/mol. The number of carbonyl (C=O) groups excluding carboxylic acids is 1. The minimum Gasteiger partial charge on any atom is -0.496 e. The quantitative estimate of drug-likeness (QED) is 0.896. The zero-order valence-corrected chi connectivity index (χ0v) is 12.1. The molecule has 0 spiro atoms. The van der Waals surface area contributed by atoms with Crippen LogP contribution in [0.2, 0.25) is 0 Å². The van der Waals surface area contributed by atoms with Gasteiger partial charge < -0.3 is 15.4 Å². The Morgan fingerprint density at radius 3 is 2.78 bits per heavy atom. The van der Waals surface area contributed by atoms with Gasteiger partial charge in [-0.25, -0.2) is 0 Å². The SMILES string of the molecule is COc1ccc(NC(=O)C(C)C2CNC2)cc1Br. The van der Waals surface area contributed by atoms with Crippen LogP contribution in [0.1, 0.15) is 6.92 Å². The Morgan fingerprint density at radius 2 is 2.28 bits per heavy atom. The molecule has 2 N–H and O–H groups in total. The predicted molar refractivity (Wildman–Crippen MR) is 74.8 cm³/mol. The van der Waals surface area contributed by atoms with Crippen LogP contribution in [-0.2, 0) is 4.79 Å². The lowest BCUT2D eigenvalue weighted by Gasteiger charge is -2.31. The van der Waals surface area contributed by atoms with Gasteiger partial charge in [0.25, 0.3) is 0 Å². The van der Waals surface area contributed by atoms with Crippen LogP contribution in [0.5, 0.6) is 5.75 Å². The third-order valence-electron chi connectivity index (χ3n) is 3.35. The molecule has 1 aliphatic rings. The van der Waals surface area contributed by atoms with Crippen molar-refractivity contribution in [3.63, 3.8) is 0 Å². The molecule has 0 bridgehead atoms. The second-order valence-electron chi connectivity index (χ2n) is 4.55. The van der Waals surface area contributed by atoms with E-state index in [0.29, 0.717) is 5.92 Å². The third-order valence-corrected chi connectivity index (χ3v) is 3.97. The molecule has 0 aliphatic carbocycles. The van der Waals surface area contributed by atoms with E-state index in [1.54, 1.807) is 7.11 Å². The van der Waals surface area contributed by atoms with Crippen LogP contribution in [0, 0.1) is 11.8 Å². The van der Waals surface area contributed by atoms with Gasteiger partial charge in [-0.1, -0.05) is 6.92 Å². The molecule has 1 fully saturated rings. The summed E-state index contributed by atoms with van der Waals surface area (Å²) in [6.07, 6.45) is 0. The smallest absolute Gasteiger partial charge is 0.227 e. The standard InChI is InChI=1S/C13H17BrN2O2/c1-8(9-6-15-7-9)13(17)16-10-3-4-12(18-2)11(14)5-10/h3-5,8-9,15H,6-7H2,1-2H3,(H,16,17). The topological polar surface area (TPSA) is 50.4 Å². The average Bonchev–Trinajstić information content (AvgIpc) is 2.26. The van der Waals surface area contributed by atoms with Crippen molar-refractivity contribution >= 4 is 27.5 Å². The zero-order valence-electron chi connectivity index (χ0n) is 10.5. The number of benzene rings is 1. The molecule has 5 heteroatoms. The normalized spacial score (nSPS) is 16.8. The molecular weight excluding hydrogens is 296 g/mol. The first-order chi connectivity index (χ1) is 8.61. The molecule has 0 radical (unpaired) electrons. The first-order valence-electron chi connectivity index (χ1n) is 5.97. The maximum absolute atomic E-state index is 12.0. The molecule has 1 aliphatic heterocycles. The first kappa shape index (κ1) is 13.4. The monoisotopic (exact) mass is 312 g/mol. The summed E-state index contributed by atoms with van der Waals surface area (Å²) in [5.74, 6) is 1.31. The minimum atomic E-state index is 0.0344. The molecule has 1 aromatic rings. The molecule has 1 heterocycles. The highest BCUT2D eigenvalue weighted by molar-refractivity contribution is 9.10. The van der Waals surface area contributed by atoms with Crippen molar-refractivity contribution in [1.82, 2.24) is 5.32 Å². The minimum absolute atomic E-state index is 0.0344. The Balaban J connectivity index is 2.00. The van der Waals surface area contributed by atoms with Crippen LogP contribution in [0.3, 0.4) is 0 Å². The number of anilines is 1. The van der Waals surface area contributed by atoms with Gasteiger partial charge in [-0.15, -0.1) is 0 Å². The molecule has 1 amide bonds. The Bertz CT molecular complexity index is 447. The van der Waals surface area contributed by atoms with E-state index in [-0.39, 0.29) is 11.8 Å². The fourth-order valence-electron chi connectivity index (χ4n) is 1.88. The fourth-order valence-corrected chi connectivity index (χ4v) is 2.42. The van der Waals surface area contributed by atoms with E-state index >= 15 is 0 Å². The number of nitrogens with one attached hydrogen (secondary N) is 2. The number of hydrogen-bond donors (Lipinski definition) is 2. The van der Waals surface area contributed by atoms with Crippen molar-refractivity contribution < 1.29 is 9.53 Å². The van der Waals surface area contributed by atoms with E-state index in [9.17, 15) is 4.79 Å². The van der Waals surface area contributed by atoms with Crippen molar-refractivity contribution in [2.75, 3.05) is 25.5 Å². The lowest BCUT2D eigenvalue weighted by molar-refractivity contribution is -0.121. The number of ether oxygens (including phenoxy) is 1. The van der Waals surface area contributed by atoms with E-state index in [4.69, 9.17) is 4.74 Å². The summed E-state index contributed by atoms with van der Waals surface area (Å²) < 4.78 is 5.98. The van der Waals surface area contributed by atoms with Crippen molar-refractivity contribution in [2.24, 2.45) is 11.8 Å². The second-order valence-corrected chi connectivity index (χ2v) is 5.40. The van der Waals surface area contributed by atoms with Gasteiger partial charge in [-0.3, -0.25) is 4.79 Å². The molecular formula is C13H17BrN2O2. The van der Waals surface area contributed by atoms with E-state index in [2.05, 4.69) is 26.6 Å². The van der Waals surface area contributed by atoms with Crippen LogP contribution in [-0.4, -0.2) is 26.1 Å². The van der Waals surface area contributed by atoms with E-state index in [1.165, 1.54) is 0 Å². The molecule has 18 heavy (non-hydrogen) atoms. The second kappa shape index (κ2) is 5.71. The van der Waals surface area contributed by atoms with Gasteiger partial charge in [0, 0.05) is 11.6 Å². The Morgan fingerprint density at radius 1 is 1.56 bits per heavy atom. The lowest BCUT2D eigenvalue weighted by Crippen LogP contribution is -2.48. The molecule has 1 saturated heterocycles. The highest BCUT2D eigenvalue weighted by Gasteiger charge is 2.28. The number of halogens is 1. The maximum Gasteiger partial charge on any atom is 0.227 e. The van der Waals surface area contributed by atoms with Crippen molar-refractivity contribution in [3.8, 4) is 5.75 Å². The number of hydrogen-bond acceptors (Lipinski definition) is 3. The Labute approximate surface area is 115 Å². The van der Waals surface area contributed by atoms with E-state index in [1.807, 2.05) is 25.1 Å². The molecule has 2 rings (SSSR count). The van der Waals surface area contributed by atoms with Gasteiger partial charge in [0.05, 0.1) is 11.6 Å². The largest absolute Gasteiger partial charge is 0.496 e. The highest BCUT2D eigenvalue weighted by atomic mass is 79.9. The van der Waals surface area contributed by atoms with Crippen molar-refractivity contribution in [1.29, 1.82) is 0 Å². The fraction of sp³-hybridized carbons (Fsp3) is 0.462. The summed E-state index contributed by atoms with van der Waals surface area (Å²) in [7, 11) is 1.62. The predicted octanol–water partition coefficient (Wildman–Crippen LogP) is 2.25. The van der Waals surface area contributed by atoms with Crippen LogP contribution in [0.4, 0.5) is 5.69 Å². The van der Waals surface area contributed by atoms with Gasteiger partial charge in [-0.2, -0.15) is 0 Å². The van der Waals surface area contributed by atoms with Crippen molar-refractivity contribution in [3.05, 3.63) is 22.7 Å². The van der Waals surface area contributed by atoms with E-state index < -0.39 is 0 Å². The summed E-state index contributed by atoms with van der Waals surface area (Å²) in [4.78, 5) is 12.0. The Kier molecular flexibility index (Phi) is 4.24. The third kappa shape index (κ3) is 2.84. The summed E-state index contributed by atoms with van der Waals surface area (Å²) in [6, 6.07) is 5.52. The van der Waals surface area contributed by atoms with Gasteiger partial charge >= 0.3 is 0 Å². The first-order valence-corrected chi connectivity index (χ1v) is 6.76. The molecule has 0 saturated carbocycles. The molecule has 1 aromatic carbocycles. The lowest BCUT2D eigenvalue weighted by atomic mass is 9.88. The van der Waals surface area contributed by atoms with Crippen LogP contribution >= 0.6 is 15.9 Å². The summed E-state index contributed by atoms with van der Waals surface area (Å²) in [5.41, 5.74) is 0.784. The van der Waals surface area contributed by atoms with Gasteiger partial charge in [0.2, 0.25) is 5.91 Å². The van der Waals surface area contributed by atoms with Crippen LogP contribution in [0.25, 0.3) is 0 Å². The van der Waals surface area contributed by atoms with E-state index in [0.717, 1.165) is 29.0 Å². The molecule has 98 valence electrons. The summed E-state index contributed by atoms with van der Waals surface area (Å²) in [6.45, 7) is 3.83. The van der Waals surface area contributed by atoms with Gasteiger partial charge in [-0.05, 0) is 53.1 Å². The molecule has 0 aromatic heterocycles. The number of methoxy groups -OCH3 is 1. The summed E-state index contributed by atoms with van der Waals surface area (Å²) >= 11 is 3.40. The van der Waals surface area contributed by atoms with Gasteiger partial charge in [0.1, 0.15) is 5.75 Å². The molecule has 1 unspecified atom stereocenters. The molecule has 4 nitrogen and oxygen atoms in total. The highest BCUT2D eigenvalue weighted by Crippen LogP contribution is 2.28. The van der Waals surface area contributed by atoms with Crippen molar-refractivity contribution in [2.45, 2.75) is 6.92 Å². The van der Waals surface area contributed by atoms with Gasteiger partial charge in [0.15, 0.2) is 0 Å².